The molecule has 0 aromatic carbocycles. The summed E-state index contributed by atoms with van der Waals surface area (Å²) < 4.78 is 11.9. The number of hydrogen-bond donors (Lipinski definition) is 0. The van der Waals surface area contributed by atoms with Crippen LogP contribution in [0.1, 0.15) is 70.6 Å². The topological polar surface area (TPSA) is 76.2 Å². The first kappa shape index (κ1) is 20.9. The fourth-order valence-corrected chi connectivity index (χ4v) is 5.90. The molecule has 0 spiro atoms. The number of carbonyl (C=O) groups excluding carboxylic acids is 3. The van der Waals surface area contributed by atoms with Crippen molar-refractivity contribution in [3.05, 3.63) is 0 Å². The van der Waals surface area contributed by atoms with Crippen molar-refractivity contribution in [1.82, 2.24) is 10.0 Å². The zero-order valence-corrected chi connectivity index (χ0v) is 17.4. The third-order valence-electron chi connectivity index (χ3n) is 7.27. The van der Waals surface area contributed by atoms with Crippen LogP contribution in [0.3, 0.4) is 0 Å². The van der Waals surface area contributed by atoms with E-state index < -0.39 is 5.54 Å². The summed E-state index contributed by atoms with van der Waals surface area (Å²) in [5.41, 5.74) is -0.882. The first-order chi connectivity index (χ1) is 14.1. The standard InChI is InChI=1S/C22H34N2O5/c25-12-5-9-21(27)24(22-10-4-8-20(22)29-16-19(22)26)23-11-13-28-18(15-23)14-17-6-2-1-3-7-17/h12,17-18,20H,1-11,13-16H2. The van der Waals surface area contributed by atoms with E-state index >= 15 is 0 Å². The summed E-state index contributed by atoms with van der Waals surface area (Å²) in [7, 11) is 0. The number of amides is 1. The highest BCUT2D eigenvalue weighted by Crippen LogP contribution is 2.44. The molecule has 4 rings (SSSR count). The molecule has 0 N–H and O–H groups in total. The lowest BCUT2D eigenvalue weighted by Gasteiger charge is -2.48. The summed E-state index contributed by atoms with van der Waals surface area (Å²) in [5.74, 6) is 0.567. The molecule has 0 radical (unpaired) electrons. The molecule has 2 saturated carbocycles. The minimum absolute atomic E-state index is 0.00905. The fourth-order valence-electron chi connectivity index (χ4n) is 5.90. The Morgan fingerprint density at radius 1 is 1.17 bits per heavy atom. The summed E-state index contributed by atoms with van der Waals surface area (Å²) in [5, 5.41) is 3.77. The predicted octanol–water partition coefficient (Wildman–Crippen LogP) is 2.27. The van der Waals surface area contributed by atoms with Crippen molar-refractivity contribution in [2.45, 2.75) is 88.4 Å². The number of hydrazine groups is 1. The van der Waals surface area contributed by atoms with Gasteiger partial charge in [0.05, 0.1) is 18.8 Å². The molecule has 0 bridgehead atoms. The van der Waals surface area contributed by atoms with Gasteiger partial charge in [-0.2, -0.15) is 0 Å². The van der Waals surface area contributed by atoms with Crippen LogP contribution in [0.2, 0.25) is 0 Å². The second-order valence-electron chi connectivity index (χ2n) is 9.10. The van der Waals surface area contributed by atoms with Gasteiger partial charge in [0, 0.05) is 25.9 Å². The van der Waals surface area contributed by atoms with Crippen molar-refractivity contribution in [3.8, 4) is 0 Å². The molecule has 3 unspecified atom stereocenters. The highest BCUT2D eigenvalue weighted by Gasteiger charge is 2.60. The summed E-state index contributed by atoms with van der Waals surface area (Å²) >= 11 is 0. The van der Waals surface area contributed by atoms with Crippen LogP contribution in [-0.2, 0) is 23.9 Å². The third-order valence-corrected chi connectivity index (χ3v) is 7.27. The Labute approximate surface area is 173 Å². The van der Waals surface area contributed by atoms with Gasteiger partial charge in [0.1, 0.15) is 18.4 Å². The van der Waals surface area contributed by atoms with Crippen molar-refractivity contribution in [1.29, 1.82) is 0 Å². The molecule has 4 fully saturated rings. The van der Waals surface area contributed by atoms with Gasteiger partial charge in [0.25, 0.3) is 0 Å². The number of fused-ring (bicyclic) bond motifs is 1. The van der Waals surface area contributed by atoms with E-state index in [1.165, 1.54) is 32.1 Å². The smallest absolute Gasteiger partial charge is 0.238 e. The molecular weight excluding hydrogens is 372 g/mol. The lowest BCUT2D eigenvalue weighted by molar-refractivity contribution is -0.193. The van der Waals surface area contributed by atoms with Crippen molar-refractivity contribution in [2.75, 3.05) is 26.3 Å². The van der Waals surface area contributed by atoms with Crippen LogP contribution in [0.4, 0.5) is 0 Å². The molecule has 3 atom stereocenters. The number of carbonyl (C=O) groups is 3. The van der Waals surface area contributed by atoms with E-state index in [-0.39, 0.29) is 43.3 Å². The average Bonchev–Trinajstić information content (AvgIpc) is 3.28. The Morgan fingerprint density at radius 3 is 2.79 bits per heavy atom. The molecule has 2 aliphatic heterocycles. The van der Waals surface area contributed by atoms with Gasteiger partial charge >= 0.3 is 0 Å². The highest BCUT2D eigenvalue weighted by atomic mass is 16.5. The Morgan fingerprint density at radius 2 is 2.00 bits per heavy atom. The summed E-state index contributed by atoms with van der Waals surface area (Å²) in [6.45, 7) is 1.86. The van der Waals surface area contributed by atoms with E-state index in [0.29, 0.717) is 32.0 Å². The van der Waals surface area contributed by atoms with Crippen LogP contribution in [-0.4, -0.2) is 72.0 Å². The number of ether oxygens (including phenoxy) is 2. The van der Waals surface area contributed by atoms with E-state index in [1.54, 1.807) is 5.01 Å². The quantitative estimate of drug-likeness (QED) is 0.604. The molecule has 0 aromatic rings. The van der Waals surface area contributed by atoms with Gasteiger partial charge in [0.15, 0.2) is 5.78 Å². The average molecular weight is 407 g/mol. The Kier molecular flexibility index (Phi) is 6.66. The first-order valence-corrected chi connectivity index (χ1v) is 11.4. The molecule has 2 saturated heterocycles. The van der Waals surface area contributed by atoms with Gasteiger partial charge in [0.2, 0.25) is 5.91 Å². The van der Waals surface area contributed by atoms with Gasteiger partial charge in [-0.15, -0.1) is 0 Å². The Hall–Kier alpha value is -1.31. The molecule has 2 heterocycles. The summed E-state index contributed by atoms with van der Waals surface area (Å²) in [4.78, 5) is 37.1. The van der Waals surface area contributed by atoms with Gasteiger partial charge in [-0.3, -0.25) is 14.6 Å². The van der Waals surface area contributed by atoms with E-state index in [4.69, 9.17) is 9.47 Å². The van der Waals surface area contributed by atoms with Crippen LogP contribution >= 0.6 is 0 Å². The first-order valence-electron chi connectivity index (χ1n) is 11.4. The van der Waals surface area contributed by atoms with E-state index in [9.17, 15) is 14.4 Å². The Balaban J connectivity index is 1.53. The number of hydrogen-bond acceptors (Lipinski definition) is 6. The second-order valence-corrected chi connectivity index (χ2v) is 9.10. The maximum absolute atomic E-state index is 13.2. The van der Waals surface area contributed by atoms with Crippen LogP contribution in [0, 0.1) is 5.92 Å². The minimum Gasteiger partial charge on any atom is -0.375 e. The van der Waals surface area contributed by atoms with E-state index in [0.717, 1.165) is 25.5 Å². The molecule has 29 heavy (non-hydrogen) atoms. The number of morpholine rings is 1. The SMILES string of the molecule is O=CCCC(=O)N(N1CCOC(CC2CCCCC2)C1)C12CCCC1OCC2=O. The molecule has 162 valence electrons. The summed E-state index contributed by atoms with van der Waals surface area (Å²) in [6, 6.07) is 0. The zero-order chi connectivity index (χ0) is 20.3. The fraction of sp³-hybridized carbons (Fsp3) is 0.864. The van der Waals surface area contributed by atoms with Gasteiger partial charge in [-0.05, 0) is 31.6 Å². The van der Waals surface area contributed by atoms with Gasteiger partial charge in [-0.25, -0.2) is 5.01 Å². The predicted molar refractivity (Wildman–Crippen MR) is 106 cm³/mol. The van der Waals surface area contributed by atoms with Gasteiger partial charge < -0.3 is 14.3 Å². The number of Topliss-reactive ketones (excluding diaryl/α,β-unsaturated/α-hetero) is 1. The number of rotatable bonds is 7. The monoisotopic (exact) mass is 406 g/mol. The van der Waals surface area contributed by atoms with Crippen LogP contribution in [0.15, 0.2) is 0 Å². The van der Waals surface area contributed by atoms with Crippen molar-refractivity contribution < 1.29 is 23.9 Å². The normalized spacial score (nSPS) is 33.6. The van der Waals surface area contributed by atoms with Crippen LogP contribution in [0.25, 0.3) is 0 Å². The maximum Gasteiger partial charge on any atom is 0.238 e. The third kappa shape index (κ3) is 4.14. The number of ketones is 1. The molecule has 7 heteroatoms. The molecular formula is C22H34N2O5. The van der Waals surface area contributed by atoms with Crippen LogP contribution < -0.4 is 0 Å². The molecule has 2 aliphatic carbocycles. The van der Waals surface area contributed by atoms with Crippen molar-refractivity contribution in [2.24, 2.45) is 5.92 Å². The van der Waals surface area contributed by atoms with Crippen LogP contribution in [0.5, 0.6) is 0 Å². The molecule has 0 aromatic heterocycles. The molecule has 7 nitrogen and oxygen atoms in total. The number of aldehydes is 1. The highest BCUT2D eigenvalue weighted by molar-refractivity contribution is 5.96. The molecule has 4 aliphatic rings. The van der Waals surface area contributed by atoms with E-state index in [2.05, 4.69) is 5.01 Å². The van der Waals surface area contributed by atoms with Crippen molar-refractivity contribution >= 4 is 18.0 Å². The second kappa shape index (κ2) is 9.23. The summed E-state index contributed by atoms with van der Waals surface area (Å²) in [6.07, 6.45) is 10.8. The minimum atomic E-state index is -0.882. The van der Waals surface area contributed by atoms with Crippen molar-refractivity contribution in [3.63, 3.8) is 0 Å². The zero-order valence-electron chi connectivity index (χ0n) is 17.4. The largest absolute Gasteiger partial charge is 0.375 e. The molecule has 1 amide bonds. The van der Waals surface area contributed by atoms with Gasteiger partial charge in [-0.1, -0.05) is 32.1 Å². The Bertz CT molecular complexity index is 620. The number of nitrogens with zero attached hydrogens (tertiary/aromatic N) is 2. The lowest BCUT2D eigenvalue weighted by Crippen LogP contribution is -2.67. The lowest BCUT2D eigenvalue weighted by atomic mass is 9.85. The van der Waals surface area contributed by atoms with E-state index in [1.807, 2.05) is 0 Å². The maximum atomic E-state index is 13.2.